The molecule has 2 aromatic rings. The number of nitrogens with one attached hydrogen (secondary N) is 1. The van der Waals surface area contributed by atoms with Crippen LogP contribution in [0.1, 0.15) is 28.8 Å². The van der Waals surface area contributed by atoms with Crippen molar-refractivity contribution < 1.29 is 19.0 Å². The lowest BCUT2D eigenvalue weighted by molar-refractivity contribution is -0.181. The van der Waals surface area contributed by atoms with Gasteiger partial charge in [-0.15, -0.1) is 0 Å². The van der Waals surface area contributed by atoms with Gasteiger partial charge >= 0.3 is 0 Å². The van der Waals surface area contributed by atoms with Crippen molar-refractivity contribution in [1.29, 1.82) is 0 Å². The fourth-order valence-electron chi connectivity index (χ4n) is 3.82. The third kappa shape index (κ3) is 4.68. The summed E-state index contributed by atoms with van der Waals surface area (Å²) in [5.41, 5.74) is 2.67. The highest BCUT2D eigenvalue weighted by Crippen LogP contribution is 2.31. The number of carbonyl (C=O) groups is 1. The first kappa shape index (κ1) is 19.7. The molecule has 0 radical (unpaired) electrons. The van der Waals surface area contributed by atoms with E-state index in [2.05, 4.69) is 22.4 Å². The van der Waals surface area contributed by atoms with Gasteiger partial charge in [-0.1, -0.05) is 12.1 Å². The van der Waals surface area contributed by atoms with E-state index in [1.807, 2.05) is 23.1 Å². The smallest absolute Gasteiger partial charge is 0.255 e. The summed E-state index contributed by atoms with van der Waals surface area (Å²) in [6.45, 7) is 3.30. The van der Waals surface area contributed by atoms with Gasteiger partial charge in [-0.05, 0) is 30.2 Å². The molecule has 2 aliphatic rings. The Kier molecular flexibility index (Phi) is 5.97. The summed E-state index contributed by atoms with van der Waals surface area (Å²) in [5, 5.41) is 3.36. The first-order valence-corrected chi connectivity index (χ1v) is 10.1. The summed E-state index contributed by atoms with van der Waals surface area (Å²) in [5.74, 6) is 0.385. The Morgan fingerprint density at radius 1 is 1.17 bits per heavy atom. The quantitative estimate of drug-likeness (QED) is 0.808. The Labute approximate surface area is 171 Å². The molecule has 4 rings (SSSR count). The molecule has 2 fully saturated rings. The number of piperidine rings is 1. The standard InChI is InChI=1S/C22H27N3O4/c1-27-20-4-2-17(3-5-20)6-9-24-19-14-18(15-23-16-19)21(26)25-10-7-22(8-11-25)28-12-13-29-22/h2-5,14-16,24H,6-13H2,1H3. The monoisotopic (exact) mass is 397 g/mol. The topological polar surface area (TPSA) is 72.9 Å². The number of hydrogen-bond acceptors (Lipinski definition) is 6. The van der Waals surface area contributed by atoms with E-state index in [-0.39, 0.29) is 5.91 Å². The molecule has 0 saturated carbocycles. The molecule has 7 heteroatoms. The molecule has 0 atom stereocenters. The number of methoxy groups -OCH3 is 1. The van der Waals surface area contributed by atoms with Crippen molar-refractivity contribution in [3.8, 4) is 5.75 Å². The van der Waals surface area contributed by atoms with Crippen molar-refractivity contribution in [2.75, 3.05) is 45.3 Å². The average Bonchev–Trinajstić information content (AvgIpc) is 3.22. The number of ether oxygens (including phenoxy) is 3. The lowest BCUT2D eigenvalue weighted by Crippen LogP contribution is -2.47. The largest absolute Gasteiger partial charge is 0.497 e. The van der Waals surface area contributed by atoms with Crippen molar-refractivity contribution in [2.45, 2.75) is 25.0 Å². The van der Waals surface area contributed by atoms with Crippen LogP contribution in [0.15, 0.2) is 42.7 Å². The van der Waals surface area contributed by atoms with E-state index < -0.39 is 5.79 Å². The average molecular weight is 397 g/mol. The SMILES string of the molecule is COc1ccc(CCNc2cncc(C(=O)N3CCC4(CC3)OCCO4)c2)cc1. The van der Waals surface area contributed by atoms with Gasteiger partial charge in [0.15, 0.2) is 5.79 Å². The fraction of sp³-hybridized carbons (Fsp3) is 0.455. The number of likely N-dealkylation sites (tertiary alicyclic amines) is 1. The number of hydrogen-bond donors (Lipinski definition) is 1. The minimum Gasteiger partial charge on any atom is -0.497 e. The van der Waals surface area contributed by atoms with Crippen molar-refractivity contribution in [1.82, 2.24) is 9.88 Å². The van der Waals surface area contributed by atoms with Gasteiger partial charge in [0, 0.05) is 44.9 Å². The highest BCUT2D eigenvalue weighted by atomic mass is 16.7. The van der Waals surface area contributed by atoms with Gasteiger partial charge in [-0.2, -0.15) is 0 Å². The molecule has 29 heavy (non-hydrogen) atoms. The number of benzene rings is 1. The summed E-state index contributed by atoms with van der Waals surface area (Å²) in [7, 11) is 1.66. The van der Waals surface area contributed by atoms with Crippen LogP contribution in [0.3, 0.4) is 0 Å². The van der Waals surface area contributed by atoms with Crippen LogP contribution in [-0.2, 0) is 15.9 Å². The maximum absolute atomic E-state index is 12.9. The number of nitrogens with zero attached hydrogens (tertiary/aromatic N) is 2. The van der Waals surface area contributed by atoms with Crippen LogP contribution in [0.25, 0.3) is 0 Å². The van der Waals surface area contributed by atoms with Gasteiger partial charge in [-0.3, -0.25) is 9.78 Å². The molecule has 2 aliphatic heterocycles. The second-order valence-corrected chi connectivity index (χ2v) is 7.39. The summed E-state index contributed by atoms with van der Waals surface area (Å²) in [6.07, 6.45) is 5.68. The van der Waals surface area contributed by atoms with E-state index in [4.69, 9.17) is 14.2 Å². The molecule has 0 unspecified atom stereocenters. The Balaban J connectivity index is 1.30. The Hall–Kier alpha value is -2.64. The molecule has 1 N–H and O–H groups in total. The Bertz CT molecular complexity index is 824. The molecule has 0 bridgehead atoms. The van der Waals surface area contributed by atoms with E-state index in [1.165, 1.54) is 5.56 Å². The number of anilines is 1. The summed E-state index contributed by atoms with van der Waals surface area (Å²) >= 11 is 0. The summed E-state index contributed by atoms with van der Waals surface area (Å²) < 4.78 is 16.7. The highest BCUT2D eigenvalue weighted by Gasteiger charge is 2.40. The summed E-state index contributed by atoms with van der Waals surface area (Å²) in [6, 6.07) is 9.90. The highest BCUT2D eigenvalue weighted by molar-refractivity contribution is 5.94. The van der Waals surface area contributed by atoms with Gasteiger partial charge in [0.1, 0.15) is 5.75 Å². The van der Waals surface area contributed by atoms with Crippen LogP contribution in [0.4, 0.5) is 5.69 Å². The number of rotatable bonds is 6. The maximum Gasteiger partial charge on any atom is 0.255 e. The normalized spacial score (nSPS) is 18.0. The number of aromatic nitrogens is 1. The van der Waals surface area contributed by atoms with Crippen molar-refractivity contribution in [2.24, 2.45) is 0 Å². The molecule has 1 aromatic carbocycles. The molecule has 1 aromatic heterocycles. The zero-order chi connectivity index (χ0) is 20.1. The minimum atomic E-state index is -0.472. The van der Waals surface area contributed by atoms with Crippen LogP contribution in [-0.4, -0.2) is 61.5 Å². The molecule has 154 valence electrons. The third-order valence-electron chi connectivity index (χ3n) is 5.51. The molecule has 0 aliphatic carbocycles. The second-order valence-electron chi connectivity index (χ2n) is 7.39. The van der Waals surface area contributed by atoms with Crippen molar-refractivity contribution in [3.05, 3.63) is 53.9 Å². The number of amides is 1. The minimum absolute atomic E-state index is 0.00384. The number of carbonyl (C=O) groups excluding carboxylic acids is 1. The predicted molar refractivity (Wildman–Crippen MR) is 109 cm³/mol. The predicted octanol–water partition coefficient (Wildman–Crippen LogP) is 2.72. The van der Waals surface area contributed by atoms with E-state index in [1.54, 1.807) is 19.5 Å². The fourth-order valence-corrected chi connectivity index (χ4v) is 3.82. The first-order chi connectivity index (χ1) is 14.2. The Morgan fingerprint density at radius 3 is 2.59 bits per heavy atom. The van der Waals surface area contributed by atoms with E-state index >= 15 is 0 Å². The Morgan fingerprint density at radius 2 is 1.90 bits per heavy atom. The van der Waals surface area contributed by atoms with Gasteiger partial charge in [0.05, 0.1) is 31.6 Å². The van der Waals surface area contributed by atoms with Crippen LogP contribution in [0.2, 0.25) is 0 Å². The maximum atomic E-state index is 12.9. The molecular formula is C22H27N3O4. The number of pyridine rings is 1. The van der Waals surface area contributed by atoms with Crippen molar-refractivity contribution >= 4 is 11.6 Å². The van der Waals surface area contributed by atoms with Crippen LogP contribution < -0.4 is 10.1 Å². The molecule has 3 heterocycles. The summed E-state index contributed by atoms with van der Waals surface area (Å²) in [4.78, 5) is 19.0. The molecule has 1 amide bonds. The lowest BCUT2D eigenvalue weighted by atomic mass is 10.0. The van der Waals surface area contributed by atoms with Gasteiger partial charge in [-0.25, -0.2) is 0 Å². The molecule has 7 nitrogen and oxygen atoms in total. The van der Waals surface area contributed by atoms with E-state index in [9.17, 15) is 4.79 Å². The van der Waals surface area contributed by atoms with Crippen molar-refractivity contribution in [3.63, 3.8) is 0 Å². The zero-order valence-corrected chi connectivity index (χ0v) is 16.7. The molecule has 2 saturated heterocycles. The molecular weight excluding hydrogens is 370 g/mol. The van der Waals surface area contributed by atoms with Gasteiger partial charge in [0.25, 0.3) is 5.91 Å². The zero-order valence-electron chi connectivity index (χ0n) is 16.7. The third-order valence-corrected chi connectivity index (χ3v) is 5.51. The first-order valence-electron chi connectivity index (χ1n) is 10.1. The van der Waals surface area contributed by atoms with Gasteiger partial charge in [0.2, 0.25) is 0 Å². The van der Waals surface area contributed by atoms with E-state index in [0.717, 1.165) is 24.4 Å². The van der Waals surface area contributed by atoms with Crippen LogP contribution in [0.5, 0.6) is 5.75 Å². The second kappa shape index (κ2) is 8.80. The van der Waals surface area contributed by atoms with Crippen LogP contribution >= 0.6 is 0 Å². The molecule has 1 spiro atoms. The van der Waals surface area contributed by atoms with Gasteiger partial charge < -0.3 is 24.4 Å². The lowest BCUT2D eigenvalue weighted by Gasteiger charge is -2.37. The van der Waals surface area contributed by atoms with E-state index in [0.29, 0.717) is 44.7 Å². The van der Waals surface area contributed by atoms with Crippen LogP contribution in [0, 0.1) is 0 Å².